The van der Waals surface area contributed by atoms with Gasteiger partial charge in [0, 0.05) is 39.1 Å². The Labute approximate surface area is 269 Å². The highest BCUT2D eigenvalue weighted by Crippen LogP contribution is 2.69. The Balaban J connectivity index is 1.34. The predicted octanol–water partition coefficient (Wildman–Crippen LogP) is 2.26. The lowest BCUT2D eigenvalue weighted by Crippen LogP contribution is -2.71. The molecule has 260 valence electrons. The molecule has 0 aromatic carbocycles. The van der Waals surface area contributed by atoms with Gasteiger partial charge < -0.3 is 49.6 Å². The SMILES string of the molecule is COC1COC(OC2CCC3(C)C(C(O)CC4(O)C3CCC3(C)C(C(C)C=CC(C)C(C)CO)CC(O)C34)C2O)C(OC)C1O. The summed E-state index contributed by atoms with van der Waals surface area (Å²) < 4.78 is 22.9. The van der Waals surface area contributed by atoms with E-state index in [0.29, 0.717) is 19.3 Å². The molecule has 0 bridgehead atoms. The van der Waals surface area contributed by atoms with Gasteiger partial charge in [-0.3, -0.25) is 0 Å². The molecule has 0 radical (unpaired) electrons. The molecule has 10 nitrogen and oxygen atoms in total. The number of rotatable bonds is 9. The molecule has 10 heteroatoms. The fourth-order valence-corrected chi connectivity index (χ4v) is 10.9. The second-order valence-corrected chi connectivity index (χ2v) is 15.9. The lowest BCUT2D eigenvalue weighted by atomic mass is 9.41. The molecule has 18 atom stereocenters. The highest BCUT2D eigenvalue weighted by Gasteiger charge is 2.72. The second kappa shape index (κ2) is 13.3. The van der Waals surface area contributed by atoms with Crippen molar-refractivity contribution in [3.63, 3.8) is 0 Å². The van der Waals surface area contributed by atoms with Crippen LogP contribution >= 0.6 is 0 Å². The molecular formula is C35H60O10. The molecule has 1 heterocycles. The third kappa shape index (κ3) is 5.87. The van der Waals surface area contributed by atoms with Crippen LogP contribution in [0.3, 0.4) is 0 Å². The number of hydrogen-bond donors (Lipinski definition) is 6. The molecule has 5 fully saturated rings. The number of hydrogen-bond acceptors (Lipinski definition) is 10. The molecule has 4 aliphatic carbocycles. The Morgan fingerprint density at radius 2 is 1.58 bits per heavy atom. The average molecular weight is 641 g/mol. The maximum absolute atomic E-state index is 12.7. The van der Waals surface area contributed by atoms with E-state index in [1.165, 1.54) is 14.2 Å². The first-order valence-electron chi connectivity index (χ1n) is 17.2. The minimum absolute atomic E-state index is 0.0931. The van der Waals surface area contributed by atoms with Crippen LogP contribution in [0.5, 0.6) is 0 Å². The summed E-state index contributed by atoms with van der Waals surface area (Å²) in [6.45, 7) is 10.9. The van der Waals surface area contributed by atoms with Crippen LogP contribution in [0, 0.1) is 52.3 Å². The minimum atomic E-state index is -1.27. The third-order valence-corrected chi connectivity index (χ3v) is 13.6. The van der Waals surface area contributed by atoms with Crippen molar-refractivity contribution in [2.45, 2.75) is 128 Å². The summed E-state index contributed by atoms with van der Waals surface area (Å²) in [5.74, 6) is -0.348. The lowest BCUT2D eigenvalue weighted by Gasteiger charge is -2.66. The van der Waals surface area contributed by atoms with Gasteiger partial charge in [-0.15, -0.1) is 0 Å². The monoisotopic (exact) mass is 640 g/mol. The van der Waals surface area contributed by atoms with Crippen molar-refractivity contribution in [2.24, 2.45) is 52.3 Å². The zero-order chi connectivity index (χ0) is 33.1. The van der Waals surface area contributed by atoms with E-state index in [9.17, 15) is 30.6 Å². The molecule has 5 rings (SSSR count). The van der Waals surface area contributed by atoms with Gasteiger partial charge in [0.15, 0.2) is 6.29 Å². The number of allylic oxidation sites excluding steroid dienone is 2. The molecule has 45 heavy (non-hydrogen) atoms. The van der Waals surface area contributed by atoms with Crippen LogP contribution in [0.15, 0.2) is 12.2 Å². The highest BCUT2D eigenvalue weighted by molar-refractivity contribution is 5.21. The van der Waals surface area contributed by atoms with Crippen molar-refractivity contribution in [1.82, 2.24) is 0 Å². The van der Waals surface area contributed by atoms with Crippen molar-refractivity contribution in [1.29, 1.82) is 0 Å². The highest BCUT2D eigenvalue weighted by atomic mass is 16.7. The van der Waals surface area contributed by atoms with Crippen LogP contribution in [0.25, 0.3) is 0 Å². The average Bonchev–Trinajstić information content (AvgIpc) is 3.27. The zero-order valence-electron chi connectivity index (χ0n) is 28.3. The summed E-state index contributed by atoms with van der Waals surface area (Å²) in [4.78, 5) is 0. The first kappa shape index (κ1) is 35.6. The predicted molar refractivity (Wildman–Crippen MR) is 167 cm³/mol. The van der Waals surface area contributed by atoms with Crippen LogP contribution in [0.2, 0.25) is 0 Å². The summed E-state index contributed by atoms with van der Waals surface area (Å²) in [5.41, 5.74) is -2.15. The van der Waals surface area contributed by atoms with E-state index >= 15 is 0 Å². The van der Waals surface area contributed by atoms with Gasteiger partial charge in [-0.05, 0) is 72.5 Å². The number of fused-ring (bicyclic) bond motifs is 5. The van der Waals surface area contributed by atoms with E-state index in [0.717, 1.165) is 12.8 Å². The van der Waals surface area contributed by atoms with Gasteiger partial charge in [0.1, 0.15) is 18.3 Å². The minimum Gasteiger partial charge on any atom is -0.396 e. The van der Waals surface area contributed by atoms with E-state index in [2.05, 4.69) is 39.8 Å². The Morgan fingerprint density at radius 3 is 2.22 bits per heavy atom. The summed E-state index contributed by atoms with van der Waals surface area (Å²) in [7, 11) is 2.97. The van der Waals surface area contributed by atoms with Crippen LogP contribution in [-0.4, -0.2) is 113 Å². The number of aliphatic hydroxyl groups is 6. The van der Waals surface area contributed by atoms with Crippen molar-refractivity contribution >= 4 is 0 Å². The molecular weight excluding hydrogens is 580 g/mol. The Hall–Kier alpha value is -0.660. The zero-order valence-corrected chi connectivity index (χ0v) is 28.3. The van der Waals surface area contributed by atoms with E-state index < -0.39 is 66.0 Å². The van der Waals surface area contributed by atoms with Crippen LogP contribution in [-0.2, 0) is 18.9 Å². The fraction of sp³-hybridized carbons (Fsp3) is 0.943. The standard InChI is InChI=1S/C35H60O10/c1-18(20(3)16-36)8-9-19(2)21-14-22(37)31-33(21,4)13-11-26-34(5)12-10-24(28(39)27(34)23(38)15-35(26,31)41)45-32-30(43-7)29(40)25(42-6)17-44-32/h8-9,18-32,36-41H,10-17H2,1-7H3. The maximum atomic E-state index is 12.7. The molecule has 0 aromatic rings. The third-order valence-electron chi connectivity index (χ3n) is 13.6. The molecule has 0 aromatic heterocycles. The molecule has 1 aliphatic heterocycles. The molecule has 4 saturated carbocycles. The van der Waals surface area contributed by atoms with Crippen LogP contribution < -0.4 is 0 Å². The number of ether oxygens (including phenoxy) is 4. The van der Waals surface area contributed by atoms with Crippen LogP contribution in [0.4, 0.5) is 0 Å². The summed E-state index contributed by atoms with van der Waals surface area (Å²) in [6.07, 6.45) is 1.29. The topological polar surface area (TPSA) is 158 Å². The van der Waals surface area contributed by atoms with E-state index in [-0.39, 0.29) is 60.6 Å². The van der Waals surface area contributed by atoms with Crippen molar-refractivity contribution < 1.29 is 49.6 Å². The Bertz CT molecular complexity index is 1040. The smallest absolute Gasteiger partial charge is 0.186 e. The molecule has 0 spiro atoms. The fourth-order valence-electron chi connectivity index (χ4n) is 10.9. The van der Waals surface area contributed by atoms with Gasteiger partial charge in [0.2, 0.25) is 0 Å². The van der Waals surface area contributed by atoms with Gasteiger partial charge in [-0.1, -0.05) is 46.8 Å². The van der Waals surface area contributed by atoms with Gasteiger partial charge in [-0.25, -0.2) is 0 Å². The quantitative estimate of drug-likeness (QED) is 0.163. The molecule has 1 saturated heterocycles. The van der Waals surface area contributed by atoms with Crippen LogP contribution in [0.1, 0.15) is 73.1 Å². The number of methoxy groups -OCH3 is 2. The molecule has 5 aliphatic rings. The second-order valence-electron chi connectivity index (χ2n) is 15.9. The molecule has 0 amide bonds. The summed E-state index contributed by atoms with van der Waals surface area (Å²) in [5, 5.41) is 68.1. The Morgan fingerprint density at radius 1 is 0.889 bits per heavy atom. The van der Waals surface area contributed by atoms with Crippen molar-refractivity contribution in [3.8, 4) is 0 Å². The molecule has 18 unspecified atom stereocenters. The Kier molecular flexibility index (Phi) is 10.6. The normalized spacial score (nSPS) is 52.1. The lowest BCUT2D eigenvalue weighted by molar-refractivity contribution is -0.321. The van der Waals surface area contributed by atoms with Gasteiger partial charge in [0.05, 0.1) is 36.6 Å². The van der Waals surface area contributed by atoms with Crippen molar-refractivity contribution in [3.05, 3.63) is 12.2 Å². The van der Waals surface area contributed by atoms with Gasteiger partial charge in [0.25, 0.3) is 0 Å². The maximum Gasteiger partial charge on any atom is 0.186 e. The van der Waals surface area contributed by atoms with Crippen molar-refractivity contribution in [2.75, 3.05) is 27.4 Å². The summed E-state index contributed by atoms with van der Waals surface area (Å²) in [6, 6.07) is 0. The first-order chi connectivity index (χ1) is 21.2. The molecule has 6 N–H and O–H groups in total. The van der Waals surface area contributed by atoms with Gasteiger partial charge >= 0.3 is 0 Å². The van der Waals surface area contributed by atoms with Gasteiger partial charge in [-0.2, -0.15) is 0 Å². The largest absolute Gasteiger partial charge is 0.396 e. The summed E-state index contributed by atoms with van der Waals surface area (Å²) >= 11 is 0. The van der Waals surface area contributed by atoms with E-state index in [4.69, 9.17) is 18.9 Å². The van der Waals surface area contributed by atoms with E-state index in [1.54, 1.807) is 0 Å². The number of aliphatic hydroxyl groups excluding tert-OH is 5. The van der Waals surface area contributed by atoms with E-state index in [1.807, 2.05) is 6.92 Å². The first-order valence-corrected chi connectivity index (χ1v) is 17.2.